The third-order valence-electron chi connectivity index (χ3n) is 3.93. The number of carbonyl (C=O) groups excluding carboxylic acids is 1. The Kier molecular flexibility index (Phi) is 4.82. The number of rotatable bonds is 5. The Bertz CT molecular complexity index is 1060. The molecule has 1 aromatic heterocycles. The van der Waals surface area contributed by atoms with Crippen molar-refractivity contribution in [2.45, 2.75) is 26.1 Å². The average Bonchev–Trinajstić information content (AvgIpc) is 2.82. The van der Waals surface area contributed by atoms with Crippen molar-refractivity contribution in [1.82, 2.24) is 9.55 Å². The molecule has 1 amide bonds. The van der Waals surface area contributed by atoms with Crippen molar-refractivity contribution in [1.29, 1.82) is 0 Å². The van der Waals surface area contributed by atoms with Crippen molar-refractivity contribution < 1.29 is 13.2 Å². The number of para-hydroxylation sites is 2. The summed E-state index contributed by atoms with van der Waals surface area (Å²) in [6, 6.07) is 13.1. The number of hydrogen-bond acceptors (Lipinski definition) is 4. The predicted octanol–water partition coefficient (Wildman–Crippen LogP) is 2.84. The Morgan fingerprint density at radius 1 is 1.12 bits per heavy atom. The Morgan fingerprint density at radius 3 is 2.42 bits per heavy atom. The number of hydrogen-bond donors (Lipinski definition) is 1. The van der Waals surface area contributed by atoms with E-state index in [0.717, 1.165) is 28.6 Å². The van der Waals surface area contributed by atoms with E-state index in [9.17, 15) is 13.2 Å². The van der Waals surface area contributed by atoms with Crippen molar-refractivity contribution in [3.63, 3.8) is 0 Å². The lowest BCUT2D eigenvalue weighted by atomic mass is 10.1. The highest BCUT2D eigenvalue weighted by atomic mass is 32.2. The fourth-order valence-electron chi connectivity index (χ4n) is 3.04. The summed E-state index contributed by atoms with van der Waals surface area (Å²) < 4.78 is 25.1. The van der Waals surface area contributed by atoms with Crippen molar-refractivity contribution in [3.8, 4) is 0 Å². The Labute approximate surface area is 152 Å². The van der Waals surface area contributed by atoms with E-state index in [2.05, 4.69) is 10.3 Å². The van der Waals surface area contributed by atoms with Crippen LogP contribution in [0.4, 0.5) is 5.69 Å². The Balaban J connectivity index is 1.91. The second-order valence-electron chi connectivity index (χ2n) is 6.60. The fourth-order valence-corrected chi connectivity index (χ4v) is 3.73. The van der Waals surface area contributed by atoms with Crippen LogP contribution in [0.2, 0.25) is 0 Å². The summed E-state index contributed by atoms with van der Waals surface area (Å²) >= 11 is 0. The third-order valence-corrected chi connectivity index (χ3v) is 4.71. The van der Waals surface area contributed by atoms with E-state index in [1.54, 1.807) is 10.6 Å². The summed E-state index contributed by atoms with van der Waals surface area (Å²) in [5.74, 6) is -0.0735. The third kappa shape index (κ3) is 4.29. The number of carbonyl (C=O) groups is 1. The summed E-state index contributed by atoms with van der Waals surface area (Å²) in [7, 11) is -3.27. The van der Waals surface area contributed by atoms with E-state index in [1.165, 1.54) is 0 Å². The lowest BCUT2D eigenvalue weighted by molar-refractivity contribution is -0.116. The number of aryl methyl sites for hydroxylation is 2. The Morgan fingerprint density at radius 2 is 1.77 bits per heavy atom. The molecule has 3 aromatic rings. The number of amides is 1. The molecule has 0 bridgehead atoms. The van der Waals surface area contributed by atoms with Crippen LogP contribution in [0.1, 0.15) is 17.0 Å². The first kappa shape index (κ1) is 18.1. The molecule has 0 unspecified atom stereocenters. The number of nitrogens with one attached hydrogen (secondary N) is 1. The first-order valence-corrected chi connectivity index (χ1v) is 10.3. The molecule has 136 valence electrons. The van der Waals surface area contributed by atoms with Gasteiger partial charge in [0.25, 0.3) is 0 Å². The molecule has 1 N–H and O–H groups in total. The number of sulfone groups is 1. The smallest absolute Gasteiger partial charge is 0.244 e. The van der Waals surface area contributed by atoms with Crippen LogP contribution in [0.15, 0.2) is 42.5 Å². The molecular formula is C19H21N3O3S. The second kappa shape index (κ2) is 6.92. The number of anilines is 1. The standard InChI is InChI=1S/C19H21N3O3S/c1-13-8-14(2)10-15(9-13)20-19(23)11-22-17-7-5-4-6-16(17)21-18(22)12-26(3,24)25/h4-10H,11-12H2,1-3H3,(H,20,23). The van der Waals surface area contributed by atoms with Gasteiger partial charge in [-0.15, -0.1) is 0 Å². The fraction of sp³-hybridized carbons (Fsp3) is 0.263. The number of aromatic nitrogens is 2. The van der Waals surface area contributed by atoms with Crippen molar-refractivity contribution in [2.24, 2.45) is 0 Å². The van der Waals surface area contributed by atoms with E-state index in [1.807, 2.05) is 50.2 Å². The molecule has 2 aromatic carbocycles. The maximum absolute atomic E-state index is 12.6. The highest BCUT2D eigenvalue weighted by Crippen LogP contribution is 2.19. The molecule has 26 heavy (non-hydrogen) atoms. The van der Waals surface area contributed by atoms with Gasteiger partial charge in [-0.1, -0.05) is 18.2 Å². The van der Waals surface area contributed by atoms with E-state index in [-0.39, 0.29) is 18.2 Å². The van der Waals surface area contributed by atoms with Crippen LogP contribution in [-0.4, -0.2) is 30.1 Å². The number of nitrogens with zero attached hydrogens (tertiary/aromatic N) is 2. The van der Waals surface area contributed by atoms with E-state index in [4.69, 9.17) is 0 Å². The number of fused-ring (bicyclic) bond motifs is 1. The second-order valence-corrected chi connectivity index (χ2v) is 8.74. The molecule has 0 aliphatic rings. The van der Waals surface area contributed by atoms with Crippen LogP contribution < -0.4 is 5.32 Å². The lowest BCUT2D eigenvalue weighted by Gasteiger charge is -2.11. The van der Waals surface area contributed by atoms with Crippen molar-refractivity contribution in [2.75, 3.05) is 11.6 Å². The van der Waals surface area contributed by atoms with Gasteiger partial charge in [-0.05, 0) is 49.2 Å². The lowest BCUT2D eigenvalue weighted by Crippen LogP contribution is -2.21. The summed E-state index contributed by atoms with van der Waals surface area (Å²) in [4.78, 5) is 16.9. The normalized spacial score (nSPS) is 11.7. The monoisotopic (exact) mass is 371 g/mol. The molecule has 0 aliphatic carbocycles. The minimum atomic E-state index is -3.27. The minimum Gasteiger partial charge on any atom is -0.325 e. The van der Waals surface area contributed by atoms with Crippen molar-refractivity contribution in [3.05, 3.63) is 59.4 Å². The van der Waals surface area contributed by atoms with Gasteiger partial charge in [0.1, 0.15) is 18.1 Å². The van der Waals surface area contributed by atoms with Crippen LogP contribution in [0.3, 0.4) is 0 Å². The molecule has 3 rings (SSSR count). The molecule has 0 aliphatic heterocycles. The first-order chi connectivity index (χ1) is 12.2. The average molecular weight is 371 g/mol. The van der Waals surface area contributed by atoms with Gasteiger partial charge in [0, 0.05) is 11.9 Å². The minimum absolute atomic E-state index is 0.00163. The SMILES string of the molecule is Cc1cc(C)cc(NC(=O)Cn2c(CS(C)(=O)=O)nc3ccccc32)c1. The topological polar surface area (TPSA) is 81.1 Å². The van der Waals surface area contributed by atoms with Gasteiger partial charge in [-0.2, -0.15) is 0 Å². The van der Waals surface area contributed by atoms with Gasteiger partial charge in [-0.25, -0.2) is 13.4 Å². The zero-order valence-corrected chi connectivity index (χ0v) is 15.8. The Hall–Kier alpha value is -2.67. The van der Waals surface area contributed by atoms with Crippen LogP contribution in [-0.2, 0) is 26.9 Å². The maximum Gasteiger partial charge on any atom is 0.244 e. The maximum atomic E-state index is 12.6. The molecule has 0 radical (unpaired) electrons. The van der Waals surface area contributed by atoms with E-state index >= 15 is 0 Å². The quantitative estimate of drug-likeness (QED) is 0.748. The molecule has 1 heterocycles. The zero-order chi connectivity index (χ0) is 18.9. The van der Waals surface area contributed by atoms with E-state index < -0.39 is 9.84 Å². The molecule has 0 saturated heterocycles. The molecule has 7 heteroatoms. The van der Waals surface area contributed by atoms with Gasteiger partial charge in [-0.3, -0.25) is 4.79 Å². The van der Waals surface area contributed by atoms with E-state index in [0.29, 0.717) is 11.3 Å². The zero-order valence-electron chi connectivity index (χ0n) is 15.0. The first-order valence-electron chi connectivity index (χ1n) is 8.21. The molecule has 0 saturated carbocycles. The van der Waals surface area contributed by atoms with Gasteiger partial charge in [0.15, 0.2) is 9.84 Å². The summed E-state index contributed by atoms with van der Waals surface area (Å²) in [5, 5.41) is 2.88. The number of benzene rings is 2. The summed E-state index contributed by atoms with van der Waals surface area (Å²) in [5.41, 5.74) is 4.26. The predicted molar refractivity (Wildman–Crippen MR) is 103 cm³/mol. The highest BCUT2D eigenvalue weighted by molar-refractivity contribution is 7.89. The molecule has 6 nitrogen and oxygen atoms in total. The largest absolute Gasteiger partial charge is 0.325 e. The van der Waals surface area contributed by atoms with Crippen LogP contribution in [0, 0.1) is 13.8 Å². The summed E-state index contributed by atoms with van der Waals surface area (Å²) in [6.07, 6.45) is 1.16. The van der Waals surface area contributed by atoms with Crippen molar-refractivity contribution >= 4 is 32.5 Å². The van der Waals surface area contributed by atoms with Crippen LogP contribution in [0.25, 0.3) is 11.0 Å². The van der Waals surface area contributed by atoms with Crippen LogP contribution in [0.5, 0.6) is 0 Å². The van der Waals surface area contributed by atoms with Gasteiger partial charge < -0.3 is 9.88 Å². The van der Waals surface area contributed by atoms with Gasteiger partial charge in [0.05, 0.1) is 11.0 Å². The molecule has 0 fully saturated rings. The molecule has 0 atom stereocenters. The number of imidazole rings is 1. The highest BCUT2D eigenvalue weighted by Gasteiger charge is 2.17. The van der Waals surface area contributed by atoms with Crippen LogP contribution >= 0.6 is 0 Å². The summed E-state index contributed by atoms with van der Waals surface area (Å²) in [6.45, 7) is 3.94. The molecular weight excluding hydrogens is 350 g/mol. The van der Waals surface area contributed by atoms with Gasteiger partial charge in [0.2, 0.25) is 5.91 Å². The van der Waals surface area contributed by atoms with Gasteiger partial charge >= 0.3 is 0 Å². The molecule has 0 spiro atoms.